The molecule has 5 nitrogen and oxygen atoms in total. The van der Waals surface area contributed by atoms with Crippen LogP contribution in [0.15, 0.2) is 48.5 Å². The zero-order chi connectivity index (χ0) is 19.2. The van der Waals surface area contributed by atoms with Crippen molar-refractivity contribution in [2.24, 2.45) is 5.92 Å². The highest BCUT2D eigenvalue weighted by Gasteiger charge is 2.26. The van der Waals surface area contributed by atoms with E-state index >= 15 is 0 Å². The first-order valence-electron chi connectivity index (χ1n) is 9.15. The number of carbonyl (C=O) groups is 2. The summed E-state index contributed by atoms with van der Waals surface area (Å²) in [5.74, 6) is -0.221. The number of carbonyl (C=O) groups excluding carboxylic acids is 2. The molecule has 1 heterocycles. The standard InChI is InChI=1S/C21H24ClN3O2/c1-15(26)23-20-10-9-18(12-19(20)22)24-21(27)17-8-5-11-25(14-17)13-16-6-3-2-4-7-16/h2-4,6-7,9-10,12,17H,5,8,11,13-14H2,1H3,(H,23,26)(H,24,27)/t17-/m0/s1. The zero-order valence-electron chi connectivity index (χ0n) is 15.4. The molecule has 0 aromatic heterocycles. The average molecular weight is 386 g/mol. The first-order chi connectivity index (χ1) is 13.0. The van der Waals surface area contributed by atoms with Crippen LogP contribution in [-0.2, 0) is 16.1 Å². The van der Waals surface area contributed by atoms with E-state index in [1.54, 1.807) is 18.2 Å². The van der Waals surface area contributed by atoms with Crippen LogP contribution in [0.25, 0.3) is 0 Å². The second kappa shape index (κ2) is 9.02. The SMILES string of the molecule is CC(=O)Nc1ccc(NC(=O)[C@H]2CCCN(Cc3ccccc3)C2)cc1Cl. The number of amides is 2. The van der Waals surface area contributed by atoms with E-state index in [9.17, 15) is 9.59 Å². The Balaban J connectivity index is 1.58. The lowest BCUT2D eigenvalue weighted by molar-refractivity contribution is -0.121. The molecule has 0 saturated carbocycles. The summed E-state index contributed by atoms with van der Waals surface area (Å²) in [5, 5.41) is 6.01. The molecule has 3 rings (SSSR count). The molecule has 0 unspecified atom stereocenters. The Labute approximate surface area is 164 Å². The normalized spacial score (nSPS) is 17.3. The van der Waals surface area contributed by atoms with Crippen molar-refractivity contribution in [3.8, 4) is 0 Å². The Morgan fingerprint density at radius 2 is 1.93 bits per heavy atom. The lowest BCUT2D eigenvalue weighted by atomic mass is 9.96. The van der Waals surface area contributed by atoms with Crippen LogP contribution in [0.2, 0.25) is 5.02 Å². The van der Waals surface area contributed by atoms with E-state index in [0.717, 1.165) is 32.5 Å². The summed E-state index contributed by atoms with van der Waals surface area (Å²) < 4.78 is 0. The number of halogens is 1. The van der Waals surface area contributed by atoms with Crippen LogP contribution < -0.4 is 10.6 Å². The second-order valence-corrected chi connectivity index (χ2v) is 7.33. The second-order valence-electron chi connectivity index (χ2n) is 6.92. The van der Waals surface area contributed by atoms with E-state index in [0.29, 0.717) is 16.4 Å². The molecular formula is C21H24ClN3O2. The lowest BCUT2D eigenvalue weighted by Crippen LogP contribution is -2.40. The van der Waals surface area contributed by atoms with Crippen LogP contribution >= 0.6 is 11.6 Å². The van der Waals surface area contributed by atoms with Crippen LogP contribution in [0.4, 0.5) is 11.4 Å². The maximum Gasteiger partial charge on any atom is 0.228 e. The van der Waals surface area contributed by atoms with Crippen molar-refractivity contribution < 1.29 is 9.59 Å². The number of nitrogens with zero attached hydrogens (tertiary/aromatic N) is 1. The van der Waals surface area contributed by atoms with Gasteiger partial charge >= 0.3 is 0 Å². The molecule has 0 aliphatic carbocycles. The van der Waals surface area contributed by atoms with Crippen LogP contribution in [0, 0.1) is 5.92 Å². The van der Waals surface area contributed by atoms with Gasteiger partial charge < -0.3 is 10.6 Å². The Hall–Kier alpha value is -2.37. The largest absolute Gasteiger partial charge is 0.326 e. The summed E-state index contributed by atoms with van der Waals surface area (Å²) in [6.07, 6.45) is 1.89. The third-order valence-corrected chi connectivity index (χ3v) is 4.99. The van der Waals surface area contributed by atoms with Gasteiger partial charge in [0.1, 0.15) is 0 Å². The highest BCUT2D eigenvalue weighted by molar-refractivity contribution is 6.34. The molecule has 27 heavy (non-hydrogen) atoms. The number of hydrogen-bond acceptors (Lipinski definition) is 3. The third-order valence-electron chi connectivity index (χ3n) is 4.67. The summed E-state index contributed by atoms with van der Waals surface area (Å²) in [6, 6.07) is 15.4. The Morgan fingerprint density at radius 1 is 1.15 bits per heavy atom. The van der Waals surface area contributed by atoms with E-state index in [2.05, 4.69) is 27.7 Å². The first-order valence-corrected chi connectivity index (χ1v) is 9.53. The number of nitrogens with one attached hydrogen (secondary N) is 2. The maximum atomic E-state index is 12.7. The molecule has 2 amide bonds. The van der Waals surface area contributed by atoms with Crippen LogP contribution in [0.1, 0.15) is 25.3 Å². The van der Waals surface area contributed by atoms with E-state index in [1.807, 2.05) is 18.2 Å². The van der Waals surface area contributed by atoms with Gasteiger partial charge in [-0.25, -0.2) is 0 Å². The van der Waals surface area contributed by atoms with Gasteiger partial charge in [-0.1, -0.05) is 41.9 Å². The molecule has 1 saturated heterocycles. The van der Waals surface area contributed by atoms with Gasteiger partial charge in [0.05, 0.1) is 16.6 Å². The maximum absolute atomic E-state index is 12.7. The molecule has 2 aromatic carbocycles. The Bertz CT molecular complexity index is 810. The van der Waals surface area contributed by atoms with Crippen LogP contribution in [0.3, 0.4) is 0 Å². The van der Waals surface area contributed by atoms with Gasteiger partial charge in [0.15, 0.2) is 0 Å². The monoisotopic (exact) mass is 385 g/mol. The molecule has 0 radical (unpaired) electrons. The number of hydrogen-bond donors (Lipinski definition) is 2. The first kappa shape index (κ1) is 19.4. The van der Waals surface area contributed by atoms with Gasteiger partial charge in [0.2, 0.25) is 11.8 Å². The molecule has 2 N–H and O–H groups in total. The van der Waals surface area contributed by atoms with Crippen molar-refractivity contribution in [3.63, 3.8) is 0 Å². The van der Waals surface area contributed by atoms with Gasteiger partial charge in [-0.3, -0.25) is 14.5 Å². The van der Waals surface area contributed by atoms with Crippen molar-refractivity contribution in [3.05, 3.63) is 59.1 Å². The van der Waals surface area contributed by atoms with E-state index in [-0.39, 0.29) is 17.7 Å². The summed E-state index contributed by atoms with van der Waals surface area (Å²) in [5.41, 5.74) is 2.44. The minimum absolute atomic E-state index is 0.0103. The molecule has 142 valence electrons. The Kier molecular flexibility index (Phi) is 6.48. The summed E-state index contributed by atoms with van der Waals surface area (Å²) >= 11 is 6.18. The van der Waals surface area contributed by atoms with Crippen LogP contribution in [0.5, 0.6) is 0 Å². The van der Waals surface area contributed by atoms with Crippen molar-refractivity contribution in [2.75, 3.05) is 23.7 Å². The zero-order valence-corrected chi connectivity index (χ0v) is 16.1. The molecular weight excluding hydrogens is 362 g/mol. The lowest BCUT2D eigenvalue weighted by Gasteiger charge is -2.32. The number of benzene rings is 2. The molecule has 0 bridgehead atoms. The minimum Gasteiger partial charge on any atom is -0.326 e. The van der Waals surface area contributed by atoms with Gasteiger partial charge in [-0.2, -0.15) is 0 Å². The smallest absolute Gasteiger partial charge is 0.228 e. The van der Waals surface area contributed by atoms with E-state index in [4.69, 9.17) is 11.6 Å². The molecule has 1 atom stereocenters. The number of likely N-dealkylation sites (tertiary alicyclic amines) is 1. The van der Waals surface area contributed by atoms with Crippen molar-refractivity contribution >= 4 is 34.8 Å². The predicted molar refractivity (Wildman–Crippen MR) is 109 cm³/mol. The van der Waals surface area contributed by atoms with E-state index < -0.39 is 0 Å². The topological polar surface area (TPSA) is 61.4 Å². The number of rotatable bonds is 5. The predicted octanol–water partition coefficient (Wildman–Crippen LogP) is 4.15. The summed E-state index contributed by atoms with van der Waals surface area (Å²) in [4.78, 5) is 26.2. The molecule has 0 spiro atoms. The van der Waals surface area contributed by atoms with Crippen LogP contribution in [-0.4, -0.2) is 29.8 Å². The highest BCUT2D eigenvalue weighted by atomic mass is 35.5. The van der Waals surface area contributed by atoms with E-state index in [1.165, 1.54) is 12.5 Å². The molecule has 1 aliphatic rings. The van der Waals surface area contributed by atoms with Gasteiger partial charge in [0, 0.05) is 25.7 Å². The van der Waals surface area contributed by atoms with Crippen molar-refractivity contribution in [2.45, 2.75) is 26.3 Å². The molecule has 6 heteroatoms. The van der Waals surface area contributed by atoms with Crippen molar-refractivity contribution in [1.82, 2.24) is 4.90 Å². The number of piperidine rings is 1. The quantitative estimate of drug-likeness (QED) is 0.812. The third kappa shape index (κ3) is 5.55. The fourth-order valence-electron chi connectivity index (χ4n) is 3.38. The minimum atomic E-state index is -0.186. The fourth-order valence-corrected chi connectivity index (χ4v) is 3.61. The molecule has 1 aliphatic heterocycles. The number of anilines is 2. The van der Waals surface area contributed by atoms with Gasteiger partial charge in [-0.05, 0) is 43.1 Å². The molecule has 1 fully saturated rings. The summed E-state index contributed by atoms with van der Waals surface area (Å²) in [7, 11) is 0. The summed E-state index contributed by atoms with van der Waals surface area (Å²) in [6.45, 7) is 4.05. The van der Waals surface area contributed by atoms with Gasteiger partial charge in [0.25, 0.3) is 0 Å². The average Bonchev–Trinajstić information content (AvgIpc) is 2.65. The fraction of sp³-hybridized carbons (Fsp3) is 0.333. The Morgan fingerprint density at radius 3 is 2.63 bits per heavy atom. The molecule has 2 aromatic rings. The van der Waals surface area contributed by atoms with Crippen molar-refractivity contribution in [1.29, 1.82) is 0 Å². The van der Waals surface area contributed by atoms with Gasteiger partial charge in [-0.15, -0.1) is 0 Å². The highest BCUT2D eigenvalue weighted by Crippen LogP contribution is 2.27.